The molecule has 0 amide bonds. The van der Waals surface area contributed by atoms with Gasteiger partial charge in [-0.05, 0) is 29.7 Å². The average Bonchev–Trinajstić information content (AvgIpc) is 2.88. The second-order valence-corrected chi connectivity index (χ2v) is 8.37. The molecular weight excluding hydrogens is 424 g/mol. The topological polar surface area (TPSA) is 36.9 Å². The molecule has 1 heterocycles. The summed E-state index contributed by atoms with van der Waals surface area (Å²) in [5.74, 6) is 0.705. The first kappa shape index (κ1) is 24.0. The van der Waals surface area contributed by atoms with Crippen molar-refractivity contribution in [2.24, 2.45) is 0 Å². The van der Waals surface area contributed by atoms with Crippen LogP contribution in [0, 0.1) is 0 Å². The van der Waals surface area contributed by atoms with Gasteiger partial charge in [0, 0.05) is 0 Å². The van der Waals surface area contributed by atoms with E-state index >= 15 is 0 Å². The summed E-state index contributed by atoms with van der Waals surface area (Å²) in [6.07, 6.45) is 2.26. The summed E-state index contributed by atoms with van der Waals surface area (Å²) in [6, 6.07) is 30.4. The van der Waals surface area contributed by atoms with Crippen LogP contribution in [0.5, 0.6) is 0 Å². The first-order valence-electron chi connectivity index (χ1n) is 11.7. The van der Waals surface area contributed by atoms with Crippen molar-refractivity contribution in [1.29, 1.82) is 0 Å². The Morgan fingerprint density at radius 2 is 1.12 bits per heavy atom. The third-order valence-corrected chi connectivity index (χ3v) is 5.81. The standard InChI is InChI=1S/C30H32O4/c1-3-13-27-29(32-21-25-16-9-5-10-17-25)30(33-22-26-18-11-6-12-19-26)28(23(2)34-27)31-20-24-14-7-4-8-15-24/h3-19,23,28-30H,1,20-22H2,2H3/b27-13+/t23-,28-,29-,30+/m0/s1. The van der Waals surface area contributed by atoms with E-state index in [1.165, 1.54) is 0 Å². The van der Waals surface area contributed by atoms with Gasteiger partial charge in [-0.25, -0.2) is 0 Å². The second kappa shape index (κ2) is 12.3. The Morgan fingerprint density at radius 1 is 0.676 bits per heavy atom. The molecule has 4 atom stereocenters. The van der Waals surface area contributed by atoms with Crippen molar-refractivity contribution in [2.45, 2.75) is 51.2 Å². The zero-order valence-corrected chi connectivity index (χ0v) is 19.6. The molecule has 3 aromatic rings. The van der Waals surface area contributed by atoms with E-state index in [9.17, 15) is 0 Å². The lowest BCUT2D eigenvalue weighted by molar-refractivity contribution is -0.210. The van der Waals surface area contributed by atoms with Gasteiger partial charge in [-0.3, -0.25) is 0 Å². The van der Waals surface area contributed by atoms with Gasteiger partial charge in [0.2, 0.25) is 0 Å². The highest BCUT2D eigenvalue weighted by Crippen LogP contribution is 2.32. The second-order valence-electron chi connectivity index (χ2n) is 8.37. The van der Waals surface area contributed by atoms with Crippen LogP contribution in [0.15, 0.2) is 115 Å². The summed E-state index contributed by atoms with van der Waals surface area (Å²) >= 11 is 0. The molecule has 4 rings (SSSR count). The van der Waals surface area contributed by atoms with Gasteiger partial charge < -0.3 is 18.9 Å². The SMILES string of the molecule is C=C/C=C1/O[C@@H](C)[C@H](OCc2ccccc2)[C@@H](OCc2ccccc2)[C@H]1OCc1ccccc1. The van der Waals surface area contributed by atoms with Crippen LogP contribution in [0.4, 0.5) is 0 Å². The minimum absolute atomic E-state index is 0.215. The molecule has 4 nitrogen and oxygen atoms in total. The fourth-order valence-corrected chi connectivity index (χ4v) is 4.08. The summed E-state index contributed by atoms with van der Waals surface area (Å²) in [5, 5.41) is 0. The van der Waals surface area contributed by atoms with Gasteiger partial charge in [0.05, 0.1) is 19.8 Å². The molecule has 0 radical (unpaired) electrons. The minimum atomic E-state index is -0.432. The summed E-state index contributed by atoms with van der Waals surface area (Å²) in [6.45, 7) is 7.24. The molecule has 0 spiro atoms. The van der Waals surface area contributed by atoms with Gasteiger partial charge >= 0.3 is 0 Å². The van der Waals surface area contributed by atoms with Crippen molar-refractivity contribution in [3.63, 3.8) is 0 Å². The molecule has 1 aliphatic heterocycles. The molecule has 0 N–H and O–H groups in total. The molecule has 3 aromatic carbocycles. The van der Waals surface area contributed by atoms with Crippen LogP contribution in [0.1, 0.15) is 23.6 Å². The Balaban J connectivity index is 1.57. The van der Waals surface area contributed by atoms with Crippen LogP contribution in [-0.4, -0.2) is 24.4 Å². The lowest BCUT2D eigenvalue weighted by Crippen LogP contribution is -2.54. The zero-order valence-electron chi connectivity index (χ0n) is 19.6. The summed E-state index contributed by atoms with van der Waals surface area (Å²) in [5.41, 5.74) is 3.29. The monoisotopic (exact) mass is 456 g/mol. The van der Waals surface area contributed by atoms with Crippen LogP contribution in [0.3, 0.4) is 0 Å². The summed E-state index contributed by atoms with van der Waals surface area (Å²) in [7, 11) is 0. The fourth-order valence-electron chi connectivity index (χ4n) is 4.08. The van der Waals surface area contributed by atoms with Crippen molar-refractivity contribution in [3.05, 3.63) is 132 Å². The van der Waals surface area contributed by atoms with E-state index in [1.54, 1.807) is 6.08 Å². The quantitative estimate of drug-likeness (QED) is 0.362. The van der Waals surface area contributed by atoms with Crippen molar-refractivity contribution in [1.82, 2.24) is 0 Å². The van der Waals surface area contributed by atoms with Crippen LogP contribution in [0.2, 0.25) is 0 Å². The Kier molecular flexibility index (Phi) is 8.69. The first-order chi connectivity index (χ1) is 16.7. The summed E-state index contributed by atoms with van der Waals surface area (Å²) in [4.78, 5) is 0. The fraction of sp³-hybridized carbons (Fsp3) is 0.267. The molecule has 1 saturated heterocycles. The van der Waals surface area contributed by atoms with Gasteiger partial charge in [-0.2, -0.15) is 0 Å². The van der Waals surface area contributed by atoms with E-state index in [4.69, 9.17) is 18.9 Å². The normalized spacial score (nSPS) is 23.4. The predicted molar refractivity (Wildman–Crippen MR) is 134 cm³/mol. The maximum absolute atomic E-state index is 6.51. The van der Waals surface area contributed by atoms with Crippen molar-refractivity contribution < 1.29 is 18.9 Å². The summed E-state index contributed by atoms with van der Waals surface area (Å²) < 4.78 is 25.6. The molecule has 1 fully saturated rings. The van der Waals surface area contributed by atoms with Crippen LogP contribution in [0.25, 0.3) is 0 Å². The average molecular weight is 457 g/mol. The smallest absolute Gasteiger partial charge is 0.144 e. The molecule has 34 heavy (non-hydrogen) atoms. The van der Waals surface area contributed by atoms with E-state index in [0.29, 0.717) is 25.6 Å². The maximum atomic E-state index is 6.51. The highest BCUT2D eigenvalue weighted by Gasteiger charge is 2.44. The minimum Gasteiger partial charge on any atom is -0.489 e. The van der Waals surface area contributed by atoms with E-state index < -0.39 is 6.10 Å². The van der Waals surface area contributed by atoms with Gasteiger partial charge in [0.25, 0.3) is 0 Å². The molecule has 0 unspecified atom stereocenters. The Morgan fingerprint density at radius 3 is 1.59 bits per heavy atom. The van der Waals surface area contributed by atoms with Crippen LogP contribution in [-0.2, 0) is 38.8 Å². The van der Waals surface area contributed by atoms with E-state index in [0.717, 1.165) is 16.7 Å². The molecule has 0 aliphatic carbocycles. The van der Waals surface area contributed by atoms with Crippen molar-refractivity contribution in [2.75, 3.05) is 0 Å². The number of rotatable bonds is 10. The van der Waals surface area contributed by atoms with Crippen LogP contribution < -0.4 is 0 Å². The number of ether oxygens (including phenoxy) is 4. The number of hydrogen-bond acceptors (Lipinski definition) is 4. The highest BCUT2D eigenvalue weighted by molar-refractivity contribution is 5.19. The molecular formula is C30H32O4. The lowest BCUT2D eigenvalue weighted by atomic mass is 9.97. The Labute approximate surface area is 202 Å². The van der Waals surface area contributed by atoms with Crippen molar-refractivity contribution >= 4 is 0 Å². The number of hydrogen-bond donors (Lipinski definition) is 0. The molecule has 4 heteroatoms. The third-order valence-electron chi connectivity index (χ3n) is 5.81. The Hall–Kier alpha value is -3.18. The van der Waals surface area contributed by atoms with Crippen LogP contribution >= 0.6 is 0 Å². The van der Waals surface area contributed by atoms with Crippen molar-refractivity contribution in [3.8, 4) is 0 Å². The Bertz CT molecular complexity index is 1030. The lowest BCUT2D eigenvalue weighted by Gasteiger charge is -2.42. The van der Waals surface area contributed by atoms with Gasteiger partial charge in [-0.15, -0.1) is 0 Å². The number of allylic oxidation sites excluding steroid dienone is 2. The third kappa shape index (κ3) is 6.45. The van der Waals surface area contributed by atoms with E-state index in [-0.39, 0.29) is 18.3 Å². The number of benzene rings is 3. The largest absolute Gasteiger partial charge is 0.489 e. The molecule has 0 bridgehead atoms. The molecule has 1 aliphatic rings. The van der Waals surface area contributed by atoms with Gasteiger partial charge in [0.15, 0.2) is 0 Å². The molecule has 176 valence electrons. The van der Waals surface area contributed by atoms with Gasteiger partial charge in [0.1, 0.15) is 30.2 Å². The predicted octanol–water partition coefficient (Wildman–Crippen LogP) is 6.23. The molecule has 0 aromatic heterocycles. The molecule has 0 saturated carbocycles. The van der Waals surface area contributed by atoms with E-state index in [2.05, 4.69) is 30.8 Å². The van der Waals surface area contributed by atoms with E-state index in [1.807, 2.05) is 79.7 Å². The highest BCUT2D eigenvalue weighted by atomic mass is 16.6. The first-order valence-corrected chi connectivity index (χ1v) is 11.7. The maximum Gasteiger partial charge on any atom is 0.144 e. The van der Waals surface area contributed by atoms with Gasteiger partial charge in [-0.1, -0.05) is 104 Å². The zero-order chi connectivity index (χ0) is 23.6.